The number of anilines is 2. The molecule has 34 heavy (non-hydrogen) atoms. The second kappa shape index (κ2) is 11.8. The van der Waals surface area contributed by atoms with Gasteiger partial charge in [0.15, 0.2) is 0 Å². The van der Waals surface area contributed by atoms with Crippen LogP contribution in [0.4, 0.5) is 24.8 Å². The van der Waals surface area contributed by atoms with Crippen molar-refractivity contribution in [1.82, 2.24) is 9.97 Å². The van der Waals surface area contributed by atoms with E-state index in [0.29, 0.717) is 41.4 Å². The van der Waals surface area contributed by atoms with Crippen molar-refractivity contribution in [1.29, 1.82) is 10.5 Å². The lowest BCUT2D eigenvalue weighted by atomic mass is 9.96. The first-order chi connectivity index (χ1) is 16.2. The molecule has 0 aliphatic heterocycles. The van der Waals surface area contributed by atoms with Crippen LogP contribution in [0.25, 0.3) is 11.1 Å². The molecule has 0 saturated carbocycles. The van der Waals surface area contributed by atoms with E-state index < -0.39 is 12.1 Å². The predicted octanol–water partition coefficient (Wildman–Crippen LogP) is 4.56. The fourth-order valence-electron chi connectivity index (χ4n) is 2.81. The summed E-state index contributed by atoms with van der Waals surface area (Å²) < 4.78 is 31.7. The number of carboxylic acids is 1. The number of aromatic nitrogens is 2. The van der Waals surface area contributed by atoms with E-state index in [2.05, 4.69) is 32.7 Å². The molecule has 0 fully saturated rings. The van der Waals surface area contributed by atoms with Gasteiger partial charge in [-0.1, -0.05) is 36.4 Å². The molecule has 2 heterocycles. The van der Waals surface area contributed by atoms with Crippen molar-refractivity contribution in [3.63, 3.8) is 0 Å². The first-order valence-electron chi connectivity index (χ1n) is 9.83. The summed E-state index contributed by atoms with van der Waals surface area (Å²) in [6.07, 6.45) is -1.62. The molecule has 0 atom stereocenters. The van der Waals surface area contributed by atoms with Gasteiger partial charge in [0, 0.05) is 31.0 Å². The van der Waals surface area contributed by atoms with E-state index in [1.165, 1.54) is 0 Å². The Hall–Kier alpha value is -4.64. The topological polar surface area (TPSA) is 135 Å². The van der Waals surface area contributed by atoms with Gasteiger partial charge in [0.05, 0.1) is 0 Å². The van der Waals surface area contributed by atoms with E-state index in [4.69, 9.17) is 9.90 Å². The molecule has 0 aliphatic rings. The number of hydrogen-bond donors (Lipinski definition) is 3. The molecule has 0 bridgehead atoms. The summed E-state index contributed by atoms with van der Waals surface area (Å²) in [6, 6.07) is 17.7. The number of hydrogen-bond acceptors (Lipinski definition) is 7. The molecule has 8 nitrogen and oxygen atoms in total. The third-order valence-corrected chi connectivity index (χ3v) is 4.25. The van der Waals surface area contributed by atoms with Crippen LogP contribution in [0, 0.1) is 22.7 Å². The van der Waals surface area contributed by atoms with E-state index in [1.807, 2.05) is 49.4 Å². The van der Waals surface area contributed by atoms with Crippen LogP contribution < -0.4 is 10.6 Å². The summed E-state index contributed by atoms with van der Waals surface area (Å²) in [5, 5.41) is 33.0. The van der Waals surface area contributed by atoms with Gasteiger partial charge in [-0.25, -0.2) is 9.78 Å². The van der Waals surface area contributed by atoms with Crippen LogP contribution in [0.3, 0.4) is 0 Å². The highest BCUT2D eigenvalue weighted by molar-refractivity contribution is 5.85. The third-order valence-electron chi connectivity index (χ3n) is 4.25. The highest BCUT2D eigenvalue weighted by atomic mass is 19.4. The fourth-order valence-corrected chi connectivity index (χ4v) is 2.81. The zero-order valence-corrected chi connectivity index (χ0v) is 17.9. The molecule has 2 aromatic heterocycles. The Kier molecular flexibility index (Phi) is 8.91. The van der Waals surface area contributed by atoms with Crippen LogP contribution in [0.2, 0.25) is 0 Å². The standard InChI is InChI=1S/C21H18N6.C2HF3O2/c1-2-25-20-17(11-22)19(16-8-4-3-5-9-16)18(12-23)21(27-20)26-14-15-7-6-10-24-13-15;3-2(4,5)1(6)7/h3-10,13H,2,14H2,1H3,(H2,25,26,27);(H,6,7). The third kappa shape index (κ3) is 6.68. The quantitative estimate of drug-likeness (QED) is 0.479. The van der Waals surface area contributed by atoms with Gasteiger partial charge in [0.25, 0.3) is 0 Å². The smallest absolute Gasteiger partial charge is 0.475 e. The number of nitriles is 2. The summed E-state index contributed by atoms with van der Waals surface area (Å²) in [5.41, 5.74) is 3.07. The number of pyridine rings is 2. The zero-order chi connectivity index (χ0) is 25.1. The van der Waals surface area contributed by atoms with Gasteiger partial charge in [-0.2, -0.15) is 23.7 Å². The summed E-state index contributed by atoms with van der Waals surface area (Å²) in [4.78, 5) is 17.5. The molecule has 3 rings (SSSR count). The SMILES string of the molecule is CCNc1nc(NCc2cccnc2)c(C#N)c(-c2ccccc2)c1C#N.O=C(O)C(F)(F)F. The average molecular weight is 468 g/mol. The number of carboxylic acid groups (broad SMARTS) is 1. The van der Waals surface area contributed by atoms with Crippen LogP contribution in [0.5, 0.6) is 0 Å². The summed E-state index contributed by atoms with van der Waals surface area (Å²) in [7, 11) is 0. The van der Waals surface area contributed by atoms with Gasteiger partial charge in [-0.3, -0.25) is 4.98 Å². The van der Waals surface area contributed by atoms with Crippen LogP contribution in [-0.4, -0.2) is 33.8 Å². The monoisotopic (exact) mass is 468 g/mol. The number of benzene rings is 1. The lowest BCUT2D eigenvalue weighted by molar-refractivity contribution is -0.192. The number of aliphatic carboxylic acids is 1. The zero-order valence-electron chi connectivity index (χ0n) is 17.9. The molecule has 1 aromatic carbocycles. The first-order valence-corrected chi connectivity index (χ1v) is 9.83. The molecule has 0 saturated heterocycles. The maximum Gasteiger partial charge on any atom is 0.490 e. The summed E-state index contributed by atoms with van der Waals surface area (Å²) >= 11 is 0. The number of alkyl halides is 3. The van der Waals surface area contributed by atoms with Gasteiger partial charge < -0.3 is 15.7 Å². The molecule has 0 unspecified atom stereocenters. The molecule has 174 valence electrons. The van der Waals surface area contributed by atoms with E-state index in [-0.39, 0.29) is 0 Å². The van der Waals surface area contributed by atoms with Crippen LogP contribution >= 0.6 is 0 Å². The normalized spacial score (nSPS) is 10.2. The Bertz CT molecular complexity index is 1200. The van der Waals surface area contributed by atoms with Gasteiger partial charge in [0.1, 0.15) is 34.9 Å². The van der Waals surface area contributed by atoms with Crippen molar-refractivity contribution in [2.75, 3.05) is 17.2 Å². The number of carbonyl (C=O) groups is 1. The Morgan fingerprint density at radius 3 is 2.09 bits per heavy atom. The van der Waals surface area contributed by atoms with Gasteiger partial charge in [0.2, 0.25) is 0 Å². The average Bonchev–Trinajstić information content (AvgIpc) is 2.83. The van der Waals surface area contributed by atoms with E-state index in [0.717, 1.165) is 11.1 Å². The Labute approximate surface area is 193 Å². The van der Waals surface area contributed by atoms with Crippen molar-refractivity contribution in [3.8, 4) is 23.3 Å². The van der Waals surface area contributed by atoms with Crippen molar-refractivity contribution in [2.45, 2.75) is 19.6 Å². The number of nitrogens with one attached hydrogen (secondary N) is 2. The molecule has 11 heteroatoms. The lowest BCUT2D eigenvalue weighted by Crippen LogP contribution is -2.21. The Morgan fingerprint density at radius 2 is 1.62 bits per heavy atom. The van der Waals surface area contributed by atoms with Crippen molar-refractivity contribution in [2.24, 2.45) is 0 Å². The highest BCUT2D eigenvalue weighted by Gasteiger charge is 2.38. The molecule has 0 aliphatic carbocycles. The van der Waals surface area contributed by atoms with Crippen molar-refractivity contribution >= 4 is 17.6 Å². The summed E-state index contributed by atoms with van der Waals surface area (Å²) in [6.45, 7) is 3.02. The molecule has 0 spiro atoms. The van der Waals surface area contributed by atoms with Crippen LogP contribution in [0.1, 0.15) is 23.6 Å². The number of halogens is 3. The maximum atomic E-state index is 10.6. The Morgan fingerprint density at radius 1 is 1.03 bits per heavy atom. The maximum absolute atomic E-state index is 10.6. The molecular weight excluding hydrogens is 449 g/mol. The second-order valence-electron chi connectivity index (χ2n) is 6.57. The minimum Gasteiger partial charge on any atom is -0.475 e. The fraction of sp³-hybridized carbons (Fsp3) is 0.174. The second-order valence-corrected chi connectivity index (χ2v) is 6.57. The van der Waals surface area contributed by atoms with Crippen molar-refractivity contribution < 1.29 is 23.1 Å². The van der Waals surface area contributed by atoms with E-state index in [9.17, 15) is 23.7 Å². The van der Waals surface area contributed by atoms with Crippen LogP contribution in [0.15, 0.2) is 54.9 Å². The van der Waals surface area contributed by atoms with Gasteiger partial charge in [-0.15, -0.1) is 0 Å². The minimum absolute atomic E-state index is 0.350. The van der Waals surface area contributed by atoms with E-state index in [1.54, 1.807) is 12.4 Å². The Balaban J connectivity index is 0.000000509. The molecular formula is C23H19F3N6O2. The largest absolute Gasteiger partial charge is 0.490 e. The highest BCUT2D eigenvalue weighted by Crippen LogP contribution is 2.35. The number of nitrogens with zero attached hydrogens (tertiary/aromatic N) is 4. The van der Waals surface area contributed by atoms with Crippen molar-refractivity contribution in [3.05, 3.63) is 71.5 Å². The molecule has 0 radical (unpaired) electrons. The number of rotatable bonds is 6. The van der Waals surface area contributed by atoms with Gasteiger partial charge in [-0.05, 0) is 24.1 Å². The van der Waals surface area contributed by atoms with Gasteiger partial charge >= 0.3 is 12.1 Å². The minimum atomic E-state index is -5.08. The molecule has 3 aromatic rings. The lowest BCUT2D eigenvalue weighted by Gasteiger charge is -2.16. The molecule has 0 amide bonds. The summed E-state index contributed by atoms with van der Waals surface area (Å²) in [5.74, 6) is -1.85. The predicted molar refractivity (Wildman–Crippen MR) is 119 cm³/mol. The first kappa shape index (κ1) is 25.6. The molecule has 3 N–H and O–H groups in total. The van der Waals surface area contributed by atoms with Crippen LogP contribution in [-0.2, 0) is 11.3 Å². The van der Waals surface area contributed by atoms with E-state index >= 15 is 0 Å².